The van der Waals surface area contributed by atoms with E-state index in [1.165, 1.54) is 86.4 Å². The molecule has 0 aromatic heterocycles. The van der Waals surface area contributed by atoms with Crippen molar-refractivity contribution >= 4 is 28.4 Å². The van der Waals surface area contributed by atoms with Crippen molar-refractivity contribution in [1.29, 1.82) is 0 Å². The van der Waals surface area contributed by atoms with E-state index in [0.717, 1.165) is 42.8 Å². The van der Waals surface area contributed by atoms with Gasteiger partial charge in [-0.1, -0.05) is 115 Å². The minimum atomic E-state index is 1.00. The summed E-state index contributed by atoms with van der Waals surface area (Å²) in [5, 5.41) is 0. The molecule has 2 aliphatic carbocycles. The number of benzene rings is 6. The molecule has 2 aliphatic rings. The number of anilines is 5. The molecule has 0 spiro atoms. The lowest BCUT2D eigenvalue weighted by atomic mass is 9.99. The molecule has 0 N–H and O–H groups in total. The lowest BCUT2D eigenvalue weighted by Crippen LogP contribution is -2.18. The number of fused-ring (bicyclic) bond motifs is 1. The van der Waals surface area contributed by atoms with Crippen molar-refractivity contribution in [2.24, 2.45) is 0 Å². The monoisotopic (exact) mass is 688 g/mol. The molecule has 0 bridgehead atoms. The van der Waals surface area contributed by atoms with Gasteiger partial charge in [-0.15, -0.1) is 0 Å². The van der Waals surface area contributed by atoms with Gasteiger partial charge in [0.25, 0.3) is 0 Å². The zero-order valence-electron chi connectivity index (χ0n) is 31.1. The highest BCUT2D eigenvalue weighted by atomic mass is 15.2. The van der Waals surface area contributed by atoms with Gasteiger partial charge in [-0.05, 0) is 158 Å². The van der Waals surface area contributed by atoms with Crippen LogP contribution < -0.4 is 9.80 Å². The van der Waals surface area contributed by atoms with Crippen molar-refractivity contribution in [2.75, 3.05) is 9.80 Å². The molecule has 8 rings (SSSR count). The van der Waals surface area contributed by atoms with E-state index in [9.17, 15) is 0 Å². The summed E-state index contributed by atoms with van der Waals surface area (Å²) < 4.78 is 0. The fraction of sp³-hybridized carbons (Fsp3) is 0.176. The Morgan fingerprint density at radius 3 is 1.51 bits per heavy atom. The van der Waals surface area contributed by atoms with Crippen LogP contribution in [-0.2, 0) is 12.8 Å². The van der Waals surface area contributed by atoms with Gasteiger partial charge in [-0.2, -0.15) is 0 Å². The van der Waals surface area contributed by atoms with Gasteiger partial charge in [0.15, 0.2) is 0 Å². The van der Waals surface area contributed by atoms with Crippen LogP contribution in [0.2, 0.25) is 0 Å². The molecule has 262 valence electrons. The number of allylic oxidation sites excluding steroid dienone is 4. The molecule has 0 saturated carbocycles. The second kappa shape index (κ2) is 15.4. The topological polar surface area (TPSA) is 6.48 Å². The average molecular weight is 689 g/mol. The van der Waals surface area contributed by atoms with E-state index < -0.39 is 0 Å². The van der Waals surface area contributed by atoms with Crippen molar-refractivity contribution in [3.63, 3.8) is 0 Å². The van der Waals surface area contributed by atoms with Gasteiger partial charge in [0, 0.05) is 34.1 Å². The standard InChI is InChI=1S/C51H48N2/c1-37-17-29-45(30-18-37)52(50-15-8-6-4-5-7-11-39(50)3)47-33-25-42(26-34-47)40-21-23-41(24-22-40)43-27-35-48(36-28-43)53(46-31-19-38(2)20-32-46)51-16-10-13-44-12-9-14-49(44)51/h6,8,10,13,15-36H,3-5,7,9,11-12,14H2,1-2H3/b8-6-,50-15?. The minimum absolute atomic E-state index is 1.00. The van der Waals surface area contributed by atoms with Gasteiger partial charge >= 0.3 is 0 Å². The molecule has 0 heterocycles. The maximum atomic E-state index is 4.54. The SMILES string of the molecule is C=C1CCCC/C=C\C=C1N(c1ccc(C)cc1)c1ccc(-c2ccc(-c3ccc(N(c4ccc(C)cc4)c4cccc5c4CCC5)cc3)cc2)cc1. The van der Waals surface area contributed by atoms with E-state index in [-0.39, 0.29) is 0 Å². The molecular weight excluding hydrogens is 641 g/mol. The molecule has 6 aromatic rings. The Morgan fingerprint density at radius 1 is 0.472 bits per heavy atom. The first-order chi connectivity index (χ1) is 26.0. The lowest BCUT2D eigenvalue weighted by Gasteiger charge is -2.29. The van der Waals surface area contributed by atoms with Gasteiger partial charge < -0.3 is 9.80 Å². The zero-order valence-corrected chi connectivity index (χ0v) is 31.1. The molecule has 0 unspecified atom stereocenters. The second-order valence-corrected chi connectivity index (χ2v) is 14.6. The fourth-order valence-corrected chi connectivity index (χ4v) is 7.85. The largest absolute Gasteiger partial charge is 0.310 e. The summed E-state index contributed by atoms with van der Waals surface area (Å²) in [6.45, 7) is 8.83. The number of aryl methyl sites for hydroxylation is 3. The van der Waals surface area contributed by atoms with E-state index in [1.54, 1.807) is 0 Å². The van der Waals surface area contributed by atoms with E-state index in [1.807, 2.05) is 0 Å². The Morgan fingerprint density at radius 2 is 0.962 bits per heavy atom. The molecule has 0 aliphatic heterocycles. The third-order valence-corrected chi connectivity index (χ3v) is 10.8. The van der Waals surface area contributed by atoms with E-state index in [4.69, 9.17) is 0 Å². The normalized spacial score (nSPS) is 14.8. The Labute approximate surface area is 316 Å². The van der Waals surface area contributed by atoms with Gasteiger partial charge in [-0.25, -0.2) is 0 Å². The predicted molar refractivity (Wildman–Crippen MR) is 227 cm³/mol. The maximum Gasteiger partial charge on any atom is 0.0496 e. The Hall–Kier alpha value is -5.86. The summed E-state index contributed by atoms with van der Waals surface area (Å²) in [4.78, 5) is 4.79. The molecule has 0 radical (unpaired) electrons. The van der Waals surface area contributed by atoms with Gasteiger partial charge in [0.05, 0.1) is 0 Å². The van der Waals surface area contributed by atoms with Gasteiger partial charge in [0.2, 0.25) is 0 Å². The molecule has 2 heteroatoms. The predicted octanol–water partition coefficient (Wildman–Crippen LogP) is 14.3. The number of rotatable bonds is 8. The van der Waals surface area contributed by atoms with Crippen LogP contribution in [-0.4, -0.2) is 0 Å². The first-order valence-electron chi connectivity index (χ1n) is 19.2. The third-order valence-electron chi connectivity index (χ3n) is 10.8. The van der Waals surface area contributed by atoms with E-state index >= 15 is 0 Å². The summed E-state index contributed by atoms with van der Waals surface area (Å²) in [6, 6.07) is 51.5. The molecule has 0 amide bonds. The Bertz CT molecular complexity index is 2250. The van der Waals surface area contributed by atoms with E-state index in [0.29, 0.717) is 0 Å². The molecule has 6 aromatic carbocycles. The van der Waals surface area contributed by atoms with Crippen LogP contribution in [0.15, 0.2) is 176 Å². The van der Waals surface area contributed by atoms with Crippen molar-refractivity contribution in [2.45, 2.75) is 58.8 Å². The minimum Gasteiger partial charge on any atom is -0.310 e. The Balaban J connectivity index is 1.05. The van der Waals surface area contributed by atoms with Gasteiger partial charge in [-0.3, -0.25) is 0 Å². The van der Waals surface area contributed by atoms with Crippen molar-refractivity contribution in [1.82, 2.24) is 0 Å². The van der Waals surface area contributed by atoms with Crippen LogP contribution in [0.4, 0.5) is 28.4 Å². The van der Waals surface area contributed by atoms with Crippen LogP contribution in [0.1, 0.15) is 54.4 Å². The van der Waals surface area contributed by atoms with Crippen LogP contribution in [0.5, 0.6) is 0 Å². The van der Waals surface area contributed by atoms with Crippen LogP contribution in [0, 0.1) is 13.8 Å². The summed E-state index contributed by atoms with van der Waals surface area (Å²) in [5.41, 5.74) is 18.6. The molecule has 53 heavy (non-hydrogen) atoms. The van der Waals surface area contributed by atoms with Crippen LogP contribution in [0.3, 0.4) is 0 Å². The highest BCUT2D eigenvalue weighted by Gasteiger charge is 2.21. The number of hydrogen-bond acceptors (Lipinski definition) is 2. The van der Waals surface area contributed by atoms with Crippen molar-refractivity contribution in [3.05, 3.63) is 198 Å². The average Bonchev–Trinajstić information content (AvgIpc) is 3.72. The fourth-order valence-electron chi connectivity index (χ4n) is 7.85. The van der Waals surface area contributed by atoms with Gasteiger partial charge in [0.1, 0.15) is 0 Å². The van der Waals surface area contributed by atoms with E-state index in [2.05, 4.69) is 188 Å². The maximum absolute atomic E-state index is 4.54. The summed E-state index contributed by atoms with van der Waals surface area (Å²) in [5.74, 6) is 0. The summed E-state index contributed by atoms with van der Waals surface area (Å²) in [6.07, 6.45) is 14.7. The lowest BCUT2D eigenvalue weighted by molar-refractivity contribution is 0.747. The smallest absolute Gasteiger partial charge is 0.0496 e. The molecular formula is C51H48N2. The second-order valence-electron chi connectivity index (χ2n) is 14.6. The highest BCUT2D eigenvalue weighted by molar-refractivity contribution is 5.81. The van der Waals surface area contributed by atoms with Crippen molar-refractivity contribution in [3.8, 4) is 22.3 Å². The van der Waals surface area contributed by atoms with Crippen LogP contribution in [0.25, 0.3) is 22.3 Å². The van der Waals surface area contributed by atoms with Crippen LogP contribution >= 0.6 is 0 Å². The zero-order chi connectivity index (χ0) is 36.1. The molecule has 0 saturated heterocycles. The summed E-state index contributed by atoms with van der Waals surface area (Å²) >= 11 is 0. The first kappa shape index (κ1) is 34.2. The molecule has 0 atom stereocenters. The quantitative estimate of drug-likeness (QED) is 0.157. The highest BCUT2D eigenvalue weighted by Crippen LogP contribution is 2.41. The Kier molecular flexibility index (Phi) is 9.95. The van der Waals surface area contributed by atoms with Crippen molar-refractivity contribution < 1.29 is 0 Å². The third kappa shape index (κ3) is 7.41. The number of hydrogen-bond donors (Lipinski definition) is 0. The number of nitrogens with zero attached hydrogens (tertiary/aromatic N) is 2. The summed E-state index contributed by atoms with van der Waals surface area (Å²) in [7, 11) is 0. The molecule has 0 fully saturated rings. The molecule has 2 nitrogen and oxygen atoms in total. The first-order valence-corrected chi connectivity index (χ1v) is 19.2.